The number of benzene rings is 1. The molecule has 1 aliphatic heterocycles. The highest BCUT2D eigenvalue weighted by Gasteiger charge is 2.24. The molecule has 2 aromatic heterocycles. The largest absolute Gasteiger partial charge is 0.353 e. The van der Waals surface area contributed by atoms with Crippen LogP contribution in [0.3, 0.4) is 0 Å². The molecule has 3 heterocycles. The first-order valence-electron chi connectivity index (χ1n) is 10.5. The molecule has 0 radical (unpaired) electrons. The Bertz CT molecular complexity index is 992. The number of aromatic nitrogens is 3. The summed E-state index contributed by atoms with van der Waals surface area (Å²) in [5, 5.41) is 4.51. The average molecular weight is 457 g/mol. The van der Waals surface area contributed by atoms with Crippen LogP contribution in [0.2, 0.25) is 10.0 Å². The van der Waals surface area contributed by atoms with Crippen molar-refractivity contribution in [3.05, 3.63) is 70.6 Å². The summed E-state index contributed by atoms with van der Waals surface area (Å²) in [6.45, 7) is 3.57. The maximum absolute atomic E-state index is 6.50. The number of rotatable bonds is 7. The first-order valence-corrected chi connectivity index (χ1v) is 11.2. The molecular weight excluding hydrogens is 431 g/mol. The van der Waals surface area contributed by atoms with Gasteiger partial charge in [0.05, 0.1) is 15.7 Å². The van der Waals surface area contributed by atoms with Crippen LogP contribution in [0.5, 0.6) is 0 Å². The van der Waals surface area contributed by atoms with Crippen LogP contribution in [0.25, 0.3) is 11.3 Å². The lowest BCUT2D eigenvalue weighted by Gasteiger charge is -2.34. The topological polar surface area (TPSA) is 80.0 Å². The van der Waals surface area contributed by atoms with E-state index in [-0.39, 0.29) is 6.04 Å². The zero-order valence-corrected chi connectivity index (χ0v) is 18.7. The summed E-state index contributed by atoms with van der Waals surface area (Å²) in [6.07, 6.45) is 7.44. The Labute approximate surface area is 192 Å². The molecule has 0 bridgehead atoms. The second-order valence-electron chi connectivity index (χ2n) is 7.91. The Hall–Kier alpha value is -2.25. The molecule has 1 aliphatic rings. The Kier molecular flexibility index (Phi) is 7.35. The molecule has 3 aromatic rings. The first-order chi connectivity index (χ1) is 15.1. The first kappa shape index (κ1) is 22.0. The Morgan fingerprint density at radius 2 is 1.94 bits per heavy atom. The quantitative estimate of drug-likeness (QED) is 0.544. The number of hydrogen-bond acceptors (Lipinski definition) is 6. The van der Waals surface area contributed by atoms with E-state index in [4.69, 9.17) is 28.9 Å². The van der Waals surface area contributed by atoms with E-state index in [0.717, 1.165) is 43.7 Å². The summed E-state index contributed by atoms with van der Waals surface area (Å²) in [5.41, 5.74) is 9.49. The smallest absolute Gasteiger partial charge is 0.223 e. The van der Waals surface area contributed by atoms with Crippen molar-refractivity contribution in [3.8, 4) is 11.3 Å². The number of hydrogen-bond donors (Lipinski definition) is 2. The minimum Gasteiger partial charge on any atom is -0.353 e. The summed E-state index contributed by atoms with van der Waals surface area (Å²) in [6, 6.07) is 11.7. The molecule has 0 amide bonds. The van der Waals surface area contributed by atoms with Crippen molar-refractivity contribution in [2.45, 2.75) is 25.4 Å². The molecule has 1 atom stereocenters. The van der Waals surface area contributed by atoms with Gasteiger partial charge < -0.3 is 11.1 Å². The maximum atomic E-state index is 6.50. The van der Waals surface area contributed by atoms with E-state index in [1.54, 1.807) is 18.6 Å². The van der Waals surface area contributed by atoms with E-state index >= 15 is 0 Å². The fourth-order valence-electron chi connectivity index (χ4n) is 3.93. The highest BCUT2D eigenvalue weighted by molar-refractivity contribution is 6.42. The van der Waals surface area contributed by atoms with Gasteiger partial charge in [0.2, 0.25) is 5.95 Å². The fraction of sp³-hybridized carbons (Fsp3) is 0.348. The molecule has 0 aliphatic carbocycles. The highest BCUT2D eigenvalue weighted by Crippen LogP contribution is 2.25. The van der Waals surface area contributed by atoms with Gasteiger partial charge >= 0.3 is 0 Å². The van der Waals surface area contributed by atoms with Crippen LogP contribution in [-0.4, -0.2) is 45.5 Å². The van der Waals surface area contributed by atoms with Gasteiger partial charge in [-0.15, -0.1) is 0 Å². The van der Waals surface area contributed by atoms with Crippen molar-refractivity contribution >= 4 is 29.2 Å². The minimum atomic E-state index is 0.0535. The number of likely N-dealkylation sites (tertiary alicyclic amines) is 1. The molecule has 8 heteroatoms. The van der Waals surface area contributed by atoms with Gasteiger partial charge in [0.15, 0.2) is 0 Å². The van der Waals surface area contributed by atoms with Gasteiger partial charge in [0.1, 0.15) is 0 Å². The molecule has 1 aromatic carbocycles. The van der Waals surface area contributed by atoms with Crippen molar-refractivity contribution < 1.29 is 0 Å². The van der Waals surface area contributed by atoms with Crippen LogP contribution in [0.4, 0.5) is 5.95 Å². The van der Waals surface area contributed by atoms with Gasteiger partial charge in [-0.3, -0.25) is 9.88 Å². The monoisotopic (exact) mass is 456 g/mol. The number of nitrogens with one attached hydrogen (secondary N) is 1. The molecule has 31 heavy (non-hydrogen) atoms. The number of piperidine rings is 1. The van der Waals surface area contributed by atoms with Crippen LogP contribution in [0.15, 0.2) is 55.0 Å². The van der Waals surface area contributed by atoms with E-state index in [9.17, 15) is 0 Å². The number of halogens is 2. The Balaban J connectivity index is 1.26. The standard InChI is InChI=1S/C23H26Cl2N6/c24-19-4-3-16(12-20(19)25)15-31-10-6-17(7-11-31)21(26)14-29-23-28-9-5-22(30-23)18-2-1-8-27-13-18/h1-5,8-9,12-13,17,21H,6-7,10-11,14-15,26H2,(H,28,29,30). The van der Waals surface area contributed by atoms with Crippen molar-refractivity contribution in [2.75, 3.05) is 25.0 Å². The Morgan fingerprint density at radius 3 is 2.68 bits per heavy atom. The predicted molar refractivity (Wildman–Crippen MR) is 126 cm³/mol. The summed E-state index contributed by atoms with van der Waals surface area (Å²) in [4.78, 5) is 15.5. The molecular formula is C23H26Cl2N6. The lowest BCUT2D eigenvalue weighted by molar-refractivity contribution is 0.164. The molecule has 0 spiro atoms. The third-order valence-corrected chi connectivity index (χ3v) is 6.48. The van der Waals surface area contributed by atoms with Crippen LogP contribution >= 0.6 is 23.2 Å². The predicted octanol–water partition coefficient (Wildman–Crippen LogP) is 4.50. The highest BCUT2D eigenvalue weighted by atomic mass is 35.5. The zero-order chi connectivity index (χ0) is 21.6. The molecule has 1 fully saturated rings. The maximum Gasteiger partial charge on any atom is 0.223 e. The lowest BCUT2D eigenvalue weighted by Crippen LogP contribution is -2.43. The number of pyridine rings is 1. The van der Waals surface area contributed by atoms with Crippen LogP contribution in [0, 0.1) is 5.92 Å². The summed E-state index contributed by atoms with van der Waals surface area (Å²) in [5.74, 6) is 1.06. The lowest BCUT2D eigenvalue weighted by atomic mass is 9.89. The number of nitrogens with zero attached hydrogens (tertiary/aromatic N) is 4. The second-order valence-corrected chi connectivity index (χ2v) is 8.73. The molecule has 0 saturated carbocycles. The third kappa shape index (κ3) is 5.92. The van der Waals surface area contributed by atoms with Gasteiger partial charge in [0, 0.05) is 43.3 Å². The molecule has 3 N–H and O–H groups in total. The van der Waals surface area contributed by atoms with E-state index in [1.165, 1.54) is 5.56 Å². The van der Waals surface area contributed by atoms with Crippen molar-refractivity contribution in [2.24, 2.45) is 11.7 Å². The normalized spacial score (nSPS) is 16.2. The number of anilines is 1. The molecule has 1 unspecified atom stereocenters. The molecule has 1 saturated heterocycles. The zero-order valence-electron chi connectivity index (χ0n) is 17.2. The van der Waals surface area contributed by atoms with Crippen LogP contribution < -0.4 is 11.1 Å². The second kappa shape index (κ2) is 10.4. The van der Waals surface area contributed by atoms with E-state index in [2.05, 4.69) is 25.2 Å². The summed E-state index contributed by atoms with van der Waals surface area (Å²) < 4.78 is 0. The van der Waals surface area contributed by atoms with E-state index in [1.807, 2.05) is 36.4 Å². The van der Waals surface area contributed by atoms with Gasteiger partial charge in [-0.1, -0.05) is 29.3 Å². The third-order valence-electron chi connectivity index (χ3n) is 5.74. The van der Waals surface area contributed by atoms with Crippen molar-refractivity contribution in [1.82, 2.24) is 19.9 Å². The van der Waals surface area contributed by atoms with E-state index in [0.29, 0.717) is 28.5 Å². The fourth-order valence-corrected chi connectivity index (χ4v) is 4.25. The summed E-state index contributed by atoms with van der Waals surface area (Å²) in [7, 11) is 0. The van der Waals surface area contributed by atoms with Crippen LogP contribution in [0.1, 0.15) is 18.4 Å². The molecule has 162 valence electrons. The van der Waals surface area contributed by atoms with Crippen molar-refractivity contribution in [3.63, 3.8) is 0 Å². The van der Waals surface area contributed by atoms with Gasteiger partial charge in [-0.25, -0.2) is 9.97 Å². The number of nitrogens with two attached hydrogens (primary N) is 1. The van der Waals surface area contributed by atoms with Crippen LogP contribution in [-0.2, 0) is 6.54 Å². The van der Waals surface area contributed by atoms with Gasteiger partial charge in [0.25, 0.3) is 0 Å². The summed E-state index contributed by atoms with van der Waals surface area (Å²) >= 11 is 12.2. The van der Waals surface area contributed by atoms with E-state index < -0.39 is 0 Å². The van der Waals surface area contributed by atoms with Gasteiger partial charge in [-0.2, -0.15) is 0 Å². The SMILES string of the molecule is NC(CNc1nccc(-c2cccnc2)n1)C1CCN(Cc2ccc(Cl)c(Cl)c2)CC1. The van der Waals surface area contributed by atoms with Gasteiger partial charge in [-0.05, 0) is 67.7 Å². The molecule has 4 rings (SSSR count). The average Bonchev–Trinajstić information content (AvgIpc) is 2.81. The minimum absolute atomic E-state index is 0.0535. The molecule has 6 nitrogen and oxygen atoms in total. The van der Waals surface area contributed by atoms with Crippen molar-refractivity contribution in [1.29, 1.82) is 0 Å². The Morgan fingerprint density at radius 1 is 1.10 bits per heavy atom.